The summed E-state index contributed by atoms with van der Waals surface area (Å²) in [6, 6.07) is 0.405. The molecule has 0 unspecified atom stereocenters. The van der Waals surface area contributed by atoms with Crippen molar-refractivity contribution in [1.29, 1.82) is 0 Å². The summed E-state index contributed by atoms with van der Waals surface area (Å²) in [6.45, 7) is 20.4. The Balaban J connectivity index is 0.00000176. The highest BCUT2D eigenvalue weighted by Gasteiger charge is 2.40. The molecule has 0 saturated carbocycles. The van der Waals surface area contributed by atoms with Crippen LogP contribution in [0.2, 0.25) is 0 Å². The van der Waals surface area contributed by atoms with Gasteiger partial charge in [0.15, 0.2) is 0 Å². The van der Waals surface area contributed by atoms with E-state index in [9.17, 15) is 0 Å². The quantitative estimate of drug-likeness (QED) is 0.649. The minimum atomic E-state index is 0.0951. The van der Waals surface area contributed by atoms with Crippen molar-refractivity contribution in [3.8, 4) is 0 Å². The van der Waals surface area contributed by atoms with E-state index < -0.39 is 0 Å². The van der Waals surface area contributed by atoms with Gasteiger partial charge in [0.1, 0.15) is 11.6 Å². The number of nitrogens with two attached hydrogens (primary N) is 1. The van der Waals surface area contributed by atoms with Gasteiger partial charge in [-0.3, -0.25) is 0 Å². The zero-order valence-electron chi connectivity index (χ0n) is 22.6. The number of rotatable bonds is 4. The molecule has 2 aliphatic rings. The molecule has 0 atom stereocenters. The van der Waals surface area contributed by atoms with Gasteiger partial charge in [0.2, 0.25) is 5.95 Å². The molecule has 2 aliphatic heterocycles. The van der Waals surface area contributed by atoms with Gasteiger partial charge < -0.3 is 21.3 Å². The summed E-state index contributed by atoms with van der Waals surface area (Å²) in [5, 5.41) is 7.55. The van der Waals surface area contributed by atoms with E-state index in [0.29, 0.717) is 12.0 Å². The molecule has 0 amide bonds. The zero-order chi connectivity index (χ0) is 24.5. The highest BCUT2D eigenvalue weighted by molar-refractivity contribution is 5.32. The molecular weight excluding hydrogens is 398 g/mol. The first-order valence-corrected chi connectivity index (χ1v) is 12.2. The Labute approximate surface area is 196 Å². The lowest BCUT2D eigenvalue weighted by atomic mass is 9.74. The van der Waals surface area contributed by atoms with Crippen molar-refractivity contribution in [3.63, 3.8) is 0 Å². The lowest BCUT2D eigenvalue weighted by molar-refractivity contribution is 0.127. The summed E-state index contributed by atoms with van der Waals surface area (Å²) >= 11 is 0. The Morgan fingerprint density at radius 2 is 1.22 bits per heavy atom. The first-order chi connectivity index (χ1) is 14.5. The van der Waals surface area contributed by atoms with Crippen molar-refractivity contribution < 1.29 is 0 Å². The highest BCUT2D eigenvalue weighted by atomic mass is 15.3. The Bertz CT molecular complexity index is 738. The van der Waals surface area contributed by atoms with Crippen LogP contribution in [0.4, 0.5) is 5.95 Å². The van der Waals surface area contributed by atoms with E-state index in [1.807, 2.05) is 6.92 Å². The second-order valence-corrected chi connectivity index (χ2v) is 12.5. The molecule has 7 nitrogen and oxygen atoms in total. The maximum absolute atomic E-state index is 4.96. The lowest BCUT2D eigenvalue weighted by Crippen LogP contribution is -2.62. The topological polar surface area (TPSA) is 92.0 Å². The van der Waals surface area contributed by atoms with Gasteiger partial charge in [-0.05, 0) is 101 Å². The van der Waals surface area contributed by atoms with Crippen molar-refractivity contribution in [2.75, 3.05) is 19.0 Å². The van der Waals surface area contributed by atoms with Crippen LogP contribution in [0, 0.1) is 12.8 Å². The predicted octanol–water partition coefficient (Wildman–Crippen LogP) is 3.60. The SMILES string of the molecule is CN.Cc1nc(CC2CC(C)(C)NC(C)(C)C2)nc(N(C)C2CC(C)(C)NC(C)(C)C2)n1. The number of nitrogens with one attached hydrogen (secondary N) is 2. The van der Waals surface area contributed by atoms with Gasteiger partial charge in [-0.25, -0.2) is 4.98 Å². The summed E-state index contributed by atoms with van der Waals surface area (Å²) in [4.78, 5) is 16.7. The number of piperidine rings is 2. The third-order valence-electron chi connectivity index (χ3n) is 6.56. The number of hydrogen-bond acceptors (Lipinski definition) is 7. The number of anilines is 1. The van der Waals surface area contributed by atoms with Gasteiger partial charge >= 0.3 is 0 Å². The molecule has 3 rings (SSSR count). The van der Waals surface area contributed by atoms with Crippen molar-refractivity contribution in [2.24, 2.45) is 11.7 Å². The summed E-state index contributed by atoms with van der Waals surface area (Å²) < 4.78 is 0. The molecule has 0 aromatic carbocycles. The van der Waals surface area contributed by atoms with E-state index in [2.05, 4.69) is 83.7 Å². The van der Waals surface area contributed by atoms with Gasteiger partial charge in [0, 0.05) is 41.7 Å². The highest BCUT2D eigenvalue weighted by Crippen LogP contribution is 2.35. The van der Waals surface area contributed by atoms with Crippen molar-refractivity contribution >= 4 is 5.95 Å². The van der Waals surface area contributed by atoms with E-state index in [1.165, 1.54) is 7.05 Å². The zero-order valence-corrected chi connectivity index (χ0v) is 22.6. The molecule has 2 fully saturated rings. The minimum absolute atomic E-state index is 0.0951. The number of aryl methyl sites for hydroxylation is 1. The molecule has 32 heavy (non-hydrogen) atoms. The monoisotopic (exact) mass is 447 g/mol. The Morgan fingerprint density at radius 1 is 0.781 bits per heavy atom. The fraction of sp³-hybridized carbons (Fsp3) is 0.880. The van der Waals surface area contributed by atoms with E-state index >= 15 is 0 Å². The smallest absolute Gasteiger partial charge is 0.228 e. The van der Waals surface area contributed by atoms with Crippen LogP contribution in [0.1, 0.15) is 92.7 Å². The molecule has 0 spiro atoms. The van der Waals surface area contributed by atoms with Crippen LogP contribution >= 0.6 is 0 Å². The minimum Gasteiger partial charge on any atom is -0.341 e. The molecule has 184 valence electrons. The van der Waals surface area contributed by atoms with Crippen LogP contribution < -0.4 is 21.3 Å². The molecular formula is C25H49N7. The first kappa shape index (κ1) is 26.9. The third kappa shape index (κ3) is 7.35. The largest absolute Gasteiger partial charge is 0.341 e. The Kier molecular flexibility index (Phi) is 8.01. The average Bonchev–Trinajstić information content (AvgIpc) is 2.56. The Hall–Kier alpha value is -1.31. The molecule has 3 heterocycles. The molecule has 2 saturated heterocycles. The van der Waals surface area contributed by atoms with Crippen LogP contribution in [-0.4, -0.2) is 57.2 Å². The molecule has 0 aliphatic carbocycles. The third-order valence-corrected chi connectivity index (χ3v) is 6.56. The molecule has 0 radical (unpaired) electrons. The lowest BCUT2D eigenvalue weighted by Gasteiger charge is -2.49. The van der Waals surface area contributed by atoms with Crippen molar-refractivity contribution in [1.82, 2.24) is 25.6 Å². The van der Waals surface area contributed by atoms with Crippen LogP contribution in [-0.2, 0) is 6.42 Å². The van der Waals surface area contributed by atoms with E-state index in [-0.39, 0.29) is 22.2 Å². The predicted molar refractivity (Wildman–Crippen MR) is 135 cm³/mol. The van der Waals surface area contributed by atoms with Gasteiger partial charge in [0.25, 0.3) is 0 Å². The van der Waals surface area contributed by atoms with Crippen molar-refractivity contribution in [2.45, 2.75) is 123 Å². The maximum atomic E-state index is 4.96. The van der Waals surface area contributed by atoms with Crippen LogP contribution in [0.15, 0.2) is 0 Å². The molecule has 0 bridgehead atoms. The van der Waals surface area contributed by atoms with Gasteiger partial charge in [-0.1, -0.05) is 0 Å². The molecule has 1 aromatic rings. The van der Waals surface area contributed by atoms with Gasteiger partial charge in [-0.2, -0.15) is 9.97 Å². The van der Waals surface area contributed by atoms with Crippen LogP contribution in [0.5, 0.6) is 0 Å². The summed E-state index contributed by atoms with van der Waals surface area (Å²) in [5.74, 6) is 3.16. The van der Waals surface area contributed by atoms with Gasteiger partial charge in [0.05, 0.1) is 0 Å². The summed E-state index contributed by atoms with van der Waals surface area (Å²) in [6.07, 6.45) is 5.35. The fourth-order valence-corrected chi connectivity index (χ4v) is 6.41. The number of aromatic nitrogens is 3. The van der Waals surface area contributed by atoms with E-state index in [1.54, 1.807) is 0 Å². The van der Waals surface area contributed by atoms with Gasteiger partial charge in [-0.15, -0.1) is 0 Å². The molecule has 1 aromatic heterocycles. The van der Waals surface area contributed by atoms with Crippen LogP contribution in [0.25, 0.3) is 0 Å². The average molecular weight is 448 g/mol. The number of hydrogen-bond donors (Lipinski definition) is 3. The second-order valence-electron chi connectivity index (χ2n) is 12.5. The molecule has 7 heteroatoms. The second kappa shape index (κ2) is 9.51. The van der Waals surface area contributed by atoms with Crippen LogP contribution in [0.3, 0.4) is 0 Å². The van der Waals surface area contributed by atoms with E-state index in [0.717, 1.165) is 49.7 Å². The number of nitrogens with zero attached hydrogens (tertiary/aromatic N) is 4. The Morgan fingerprint density at radius 3 is 1.69 bits per heavy atom. The van der Waals surface area contributed by atoms with E-state index in [4.69, 9.17) is 15.0 Å². The molecule has 4 N–H and O–H groups in total. The maximum Gasteiger partial charge on any atom is 0.228 e. The standard InChI is InChI=1S/C24H44N6.CH5N/c1-16-25-19(11-17-12-21(2,3)28-22(4,5)13-17)27-20(26-16)30(10)18-14-23(6,7)29-24(8,9)15-18;1-2/h17-18,28-29H,11-15H2,1-10H3;2H2,1H3. The van der Waals surface area contributed by atoms with Crippen molar-refractivity contribution in [3.05, 3.63) is 11.6 Å². The first-order valence-electron chi connectivity index (χ1n) is 12.2. The summed E-state index contributed by atoms with van der Waals surface area (Å²) in [5.41, 5.74) is 4.97. The summed E-state index contributed by atoms with van der Waals surface area (Å²) in [7, 11) is 3.65. The fourth-order valence-electron chi connectivity index (χ4n) is 6.41. The normalized spacial score (nSPS) is 24.4.